The van der Waals surface area contributed by atoms with Gasteiger partial charge in [0.2, 0.25) is 0 Å². The molecule has 0 aromatic carbocycles. The lowest BCUT2D eigenvalue weighted by Crippen LogP contribution is -2.44. The van der Waals surface area contributed by atoms with Crippen LogP contribution in [0.2, 0.25) is 0 Å². The molecule has 0 heterocycles. The zero-order valence-electron chi connectivity index (χ0n) is 10.2. The number of carbonyl (C=O) groups is 2. The number of carboxylic acid groups (broad SMARTS) is 1. The Morgan fingerprint density at radius 2 is 2.00 bits per heavy atom. The van der Waals surface area contributed by atoms with Gasteiger partial charge < -0.3 is 15.3 Å². The third-order valence-electron chi connectivity index (χ3n) is 3.38. The van der Waals surface area contributed by atoms with E-state index in [2.05, 4.69) is 5.32 Å². The van der Waals surface area contributed by atoms with E-state index in [4.69, 9.17) is 5.11 Å². The molecular weight excluding hydrogens is 220 g/mol. The molecule has 0 saturated heterocycles. The summed E-state index contributed by atoms with van der Waals surface area (Å²) in [4.78, 5) is 24.5. The summed E-state index contributed by atoms with van der Waals surface area (Å²) in [7, 11) is 0. The fourth-order valence-corrected chi connectivity index (χ4v) is 1.79. The lowest BCUT2D eigenvalue weighted by atomic mass is 10.2. The molecule has 0 aliphatic heterocycles. The van der Waals surface area contributed by atoms with Crippen molar-refractivity contribution in [2.45, 2.75) is 38.6 Å². The fraction of sp³-hybridized carbons (Fsp3) is 0.833. The molecule has 1 atom stereocenters. The van der Waals surface area contributed by atoms with Crippen LogP contribution in [-0.4, -0.2) is 41.1 Å². The second-order valence-corrected chi connectivity index (χ2v) is 5.25. The minimum atomic E-state index is -0.870. The van der Waals surface area contributed by atoms with Crippen LogP contribution >= 0.6 is 0 Å². The first kappa shape index (κ1) is 12.2. The van der Waals surface area contributed by atoms with Crippen molar-refractivity contribution in [2.75, 3.05) is 13.1 Å². The standard InChI is InChI=1S/C12H20N2O3/c1-8(11(15)16)6-13-12(17)14(10-4-5-10)7-9-2-3-9/h8-10H,2-7H2,1H3,(H,13,17)(H,15,16). The molecule has 0 radical (unpaired) electrons. The lowest BCUT2D eigenvalue weighted by molar-refractivity contribution is -0.140. The van der Waals surface area contributed by atoms with E-state index in [1.807, 2.05) is 4.90 Å². The zero-order chi connectivity index (χ0) is 12.4. The SMILES string of the molecule is CC(CNC(=O)N(CC1CC1)C1CC1)C(=O)O. The van der Waals surface area contributed by atoms with Gasteiger partial charge in [-0.2, -0.15) is 0 Å². The fourth-order valence-electron chi connectivity index (χ4n) is 1.79. The molecular formula is C12H20N2O3. The molecule has 5 nitrogen and oxygen atoms in total. The first-order valence-electron chi connectivity index (χ1n) is 6.35. The number of nitrogens with zero attached hydrogens (tertiary/aromatic N) is 1. The van der Waals surface area contributed by atoms with Gasteiger partial charge in [0.1, 0.15) is 0 Å². The van der Waals surface area contributed by atoms with Crippen LogP contribution in [0.4, 0.5) is 4.79 Å². The highest BCUT2D eigenvalue weighted by molar-refractivity contribution is 5.76. The maximum atomic E-state index is 11.9. The number of aliphatic carboxylic acids is 1. The van der Waals surface area contributed by atoms with Gasteiger partial charge in [0.05, 0.1) is 5.92 Å². The van der Waals surface area contributed by atoms with E-state index in [1.54, 1.807) is 6.92 Å². The Bertz CT molecular complexity index is 311. The van der Waals surface area contributed by atoms with E-state index in [1.165, 1.54) is 12.8 Å². The third kappa shape index (κ3) is 3.61. The highest BCUT2D eigenvalue weighted by atomic mass is 16.4. The second kappa shape index (κ2) is 4.94. The highest BCUT2D eigenvalue weighted by Crippen LogP contribution is 2.34. The number of carboxylic acids is 1. The number of urea groups is 1. The first-order chi connectivity index (χ1) is 8.08. The van der Waals surface area contributed by atoms with Crippen LogP contribution in [0, 0.1) is 11.8 Å². The summed E-state index contributed by atoms with van der Waals surface area (Å²) in [6.45, 7) is 2.66. The van der Waals surface area contributed by atoms with Crippen molar-refractivity contribution >= 4 is 12.0 Å². The van der Waals surface area contributed by atoms with Gasteiger partial charge >= 0.3 is 12.0 Å². The van der Waals surface area contributed by atoms with Crippen molar-refractivity contribution in [3.8, 4) is 0 Å². The van der Waals surface area contributed by atoms with Gasteiger partial charge in [-0.15, -0.1) is 0 Å². The Morgan fingerprint density at radius 1 is 1.35 bits per heavy atom. The zero-order valence-corrected chi connectivity index (χ0v) is 10.2. The molecule has 17 heavy (non-hydrogen) atoms. The number of nitrogens with one attached hydrogen (secondary N) is 1. The molecule has 96 valence electrons. The Morgan fingerprint density at radius 3 is 2.47 bits per heavy atom. The Hall–Kier alpha value is -1.26. The van der Waals surface area contributed by atoms with E-state index in [-0.39, 0.29) is 12.6 Å². The first-order valence-corrected chi connectivity index (χ1v) is 6.35. The van der Waals surface area contributed by atoms with Crippen LogP contribution in [0.1, 0.15) is 32.6 Å². The molecule has 2 aliphatic rings. The van der Waals surface area contributed by atoms with E-state index >= 15 is 0 Å². The normalized spacial score (nSPS) is 20.8. The summed E-state index contributed by atoms with van der Waals surface area (Å²) in [5.74, 6) is -0.718. The second-order valence-electron chi connectivity index (χ2n) is 5.25. The molecule has 0 bridgehead atoms. The number of hydrogen-bond acceptors (Lipinski definition) is 2. The van der Waals surface area contributed by atoms with Gasteiger partial charge in [0.25, 0.3) is 0 Å². The van der Waals surface area contributed by atoms with Gasteiger partial charge in [0, 0.05) is 19.1 Å². The van der Waals surface area contributed by atoms with E-state index < -0.39 is 11.9 Å². The van der Waals surface area contributed by atoms with Crippen molar-refractivity contribution in [1.82, 2.24) is 10.2 Å². The van der Waals surface area contributed by atoms with Crippen LogP contribution < -0.4 is 5.32 Å². The van der Waals surface area contributed by atoms with Gasteiger partial charge in [-0.05, 0) is 31.6 Å². The third-order valence-corrected chi connectivity index (χ3v) is 3.38. The van der Waals surface area contributed by atoms with Crippen LogP contribution in [-0.2, 0) is 4.79 Å². The Balaban J connectivity index is 1.77. The molecule has 2 saturated carbocycles. The van der Waals surface area contributed by atoms with Gasteiger partial charge in [-0.1, -0.05) is 6.92 Å². The van der Waals surface area contributed by atoms with Gasteiger partial charge in [-0.3, -0.25) is 4.79 Å². The largest absolute Gasteiger partial charge is 0.481 e. The van der Waals surface area contributed by atoms with Crippen molar-refractivity contribution < 1.29 is 14.7 Å². The molecule has 2 aliphatic carbocycles. The number of carbonyl (C=O) groups excluding carboxylic acids is 1. The van der Waals surface area contributed by atoms with Crippen molar-refractivity contribution in [3.63, 3.8) is 0 Å². The van der Waals surface area contributed by atoms with Gasteiger partial charge in [-0.25, -0.2) is 4.79 Å². The maximum Gasteiger partial charge on any atom is 0.317 e. The Labute approximate surface area is 101 Å². The number of amides is 2. The summed E-state index contributed by atoms with van der Waals surface area (Å²) >= 11 is 0. The number of hydrogen-bond donors (Lipinski definition) is 2. The predicted molar refractivity (Wildman–Crippen MR) is 62.7 cm³/mol. The number of rotatable bonds is 6. The van der Waals surface area contributed by atoms with E-state index in [9.17, 15) is 9.59 Å². The summed E-state index contributed by atoms with van der Waals surface area (Å²) < 4.78 is 0. The average Bonchev–Trinajstić information content (AvgIpc) is 3.14. The van der Waals surface area contributed by atoms with Gasteiger partial charge in [0.15, 0.2) is 0 Å². The van der Waals surface area contributed by atoms with E-state index in [0.29, 0.717) is 12.0 Å². The van der Waals surface area contributed by atoms with Crippen molar-refractivity contribution in [3.05, 3.63) is 0 Å². The molecule has 2 N–H and O–H groups in total. The topological polar surface area (TPSA) is 69.6 Å². The summed E-state index contributed by atoms with van der Waals surface area (Å²) in [6.07, 6.45) is 4.63. The molecule has 1 unspecified atom stereocenters. The van der Waals surface area contributed by atoms with Crippen LogP contribution in [0.25, 0.3) is 0 Å². The molecule has 2 rings (SSSR count). The summed E-state index contributed by atoms with van der Waals surface area (Å²) in [5.41, 5.74) is 0. The molecule has 5 heteroatoms. The minimum absolute atomic E-state index is 0.0903. The highest BCUT2D eigenvalue weighted by Gasteiger charge is 2.36. The molecule has 0 aromatic heterocycles. The predicted octanol–water partition coefficient (Wildman–Crippen LogP) is 1.29. The summed E-state index contributed by atoms with van der Waals surface area (Å²) in [5, 5.41) is 11.5. The summed E-state index contributed by atoms with van der Waals surface area (Å²) in [6, 6.07) is 0.309. The molecule has 2 fully saturated rings. The Kier molecular flexibility index (Phi) is 3.54. The van der Waals surface area contributed by atoms with Crippen molar-refractivity contribution in [1.29, 1.82) is 0 Å². The minimum Gasteiger partial charge on any atom is -0.481 e. The maximum absolute atomic E-state index is 11.9. The lowest BCUT2D eigenvalue weighted by Gasteiger charge is -2.23. The van der Waals surface area contributed by atoms with Crippen LogP contribution in [0.15, 0.2) is 0 Å². The molecule has 0 spiro atoms. The average molecular weight is 240 g/mol. The quantitative estimate of drug-likeness (QED) is 0.735. The molecule has 2 amide bonds. The van der Waals surface area contributed by atoms with Crippen LogP contribution in [0.3, 0.4) is 0 Å². The van der Waals surface area contributed by atoms with Crippen LogP contribution in [0.5, 0.6) is 0 Å². The smallest absolute Gasteiger partial charge is 0.317 e. The van der Waals surface area contributed by atoms with E-state index in [0.717, 1.165) is 19.4 Å². The monoisotopic (exact) mass is 240 g/mol. The van der Waals surface area contributed by atoms with Crippen molar-refractivity contribution in [2.24, 2.45) is 11.8 Å². The molecule has 0 aromatic rings.